The number of fused-ring (bicyclic) bond motifs is 1. The van der Waals surface area contributed by atoms with Crippen LogP contribution < -0.4 is 8.92 Å². The van der Waals surface area contributed by atoms with E-state index in [0.29, 0.717) is 0 Å². The Morgan fingerprint density at radius 1 is 1.12 bits per heavy atom. The number of Topliss-reactive ketones (excluding diaryl/α,β-unsaturated/α-hetero) is 1. The van der Waals surface area contributed by atoms with Crippen LogP contribution in [0.3, 0.4) is 0 Å². The van der Waals surface area contributed by atoms with Crippen LogP contribution in [0.1, 0.15) is 29.8 Å². The minimum atomic E-state index is -4.00. The van der Waals surface area contributed by atoms with Crippen molar-refractivity contribution >= 4 is 15.9 Å². The van der Waals surface area contributed by atoms with E-state index in [0.717, 1.165) is 5.56 Å². The number of aryl methyl sites for hydroxylation is 1. The molecule has 2 aromatic rings. The molecular formula is C18H18O6S. The quantitative estimate of drug-likeness (QED) is 0.844. The average Bonchev–Trinajstić information content (AvgIpc) is 2.52. The summed E-state index contributed by atoms with van der Waals surface area (Å²) in [7, 11) is -4.00. The molecule has 1 unspecified atom stereocenters. The van der Waals surface area contributed by atoms with Gasteiger partial charge in [0, 0.05) is 6.07 Å². The van der Waals surface area contributed by atoms with Crippen LogP contribution in [0.4, 0.5) is 0 Å². The number of aliphatic hydroxyl groups is 1. The van der Waals surface area contributed by atoms with E-state index in [4.69, 9.17) is 8.92 Å². The summed E-state index contributed by atoms with van der Waals surface area (Å²) in [6, 6.07) is 10.4. The molecule has 1 N–H and O–H groups in total. The SMILES string of the molecule is Cc1ccc(S(=O)(=O)Oc2ccc3c(c2)OC(C)(C)C(O)C3=O)cc1. The van der Waals surface area contributed by atoms with E-state index < -0.39 is 27.6 Å². The Hall–Kier alpha value is -2.38. The van der Waals surface area contributed by atoms with Crippen LogP contribution in [-0.2, 0) is 10.1 Å². The number of carbonyl (C=O) groups is 1. The molecule has 0 saturated carbocycles. The van der Waals surface area contributed by atoms with Gasteiger partial charge in [-0.25, -0.2) is 0 Å². The zero-order valence-electron chi connectivity index (χ0n) is 14.0. The second-order valence-electron chi connectivity index (χ2n) is 6.48. The van der Waals surface area contributed by atoms with Crippen LogP contribution in [0.5, 0.6) is 11.5 Å². The van der Waals surface area contributed by atoms with Crippen molar-refractivity contribution in [3.63, 3.8) is 0 Å². The highest BCUT2D eigenvalue weighted by molar-refractivity contribution is 7.87. The third-order valence-electron chi connectivity index (χ3n) is 4.01. The van der Waals surface area contributed by atoms with Gasteiger partial charge in [0.25, 0.3) is 0 Å². The third kappa shape index (κ3) is 3.25. The van der Waals surface area contributed by atoms with Crippen molar-refractivity contribution in [2.75, 3.05) is 0 Å². The molecule has 0 aliphatic carbocycles. The van der Waals surface area contributed by atoms with Crippen molar-refractivity contribution in [2.24, 2.45) is 0 Å². The normalized spacial score (nSPS) is 19.0. The van der Waals surface area contributed by atoms with Gasteiger partial charge in [-0.15, -0.1) is 0 Å². The molecule has 3 rings (SSSR count). The molecule has 25 heavy (non-hydrogen) atoms. The van der Waals surface area contributed by atoms with Crippen LogP contribution >= 0.6 is 0 Å². The molecule has 1 aliphatic rings. The second kappa shape index (κ2) is 5.86. The molecule has 1 aliphatic heterocycles. The maximum absolute atomic E-state index is 12.4. The number of hydrogen-bond acceptors (Lipinski definition) is 6. The number of rotatable bonds is 3. The average molecular weight is 362 g/mol. The van der Waals surface area contributed by atoms with E-state index >= 15 is 0 Å². The molecular weight excluding hydrogens is 344 g/mol. The Kier molecular flexibility index (Phi) is 4.09. The largest absolute Gasteiger partial charge is 0.484 e. The summed E-state index contributed by atoms with van der Waals surface area (Å²) >= 11 is 0. The lowest BCUT2D eigenvalue weighted by Gasteiger charge is -2.35. The molecule has 1 atom stereocenters. The van der Waals surface area contributed by atoms with Gasteiger partial charge >= 0.3 is 10.1 Å². The Balaban J connectivity index is 1.93. The van der Waals surface area contributed by atoms with Gasteiger partial charge in [-0.2, -0.15) is 8.42 Å². The van der Waals surface area contributed by atoms with Crippen molar-refractivity contribution in [1.82, 2.24) is 0 Å². The fourth-order valence-corrected chi connectivity index (χ4v) is 3.45. The Morgan fingerprint density at radius 2 is 1.76 bits per heavy atom. The van der Waals surface area contributed by atoms with E-state index in [1.165, 1.54) is 30.3 Å². The molecule has 7 heteroatoms. The van der Waals surface area contributed by atoms with E-state index in [-0.39, 0.29) is 22.0 Å². The molecule has 0 radical (unpaired) electrons. The van der Waals surface area contributed by atoms with Crippen molar-refractivity contribution in [3.05, 3.63) is 53.6 Å². The van der Waals surface area contributed by atoms with Crippen molar-refractivity contribution in [2.45, 2.75) is 37.4 Å². The highest BCUT2D eigenvalue weighted by Gasteiger charge is 2.42. The standard InChI is InChI=1S/C18H18O6S/c1-11-4-7-13(8-5-11)25(21,22)24-12-6-9-14-15(10-12)23-18(2,3)17(20)16(14)19/h4-10,17,20H,1-3H3. The van der Waals surface area contributed by atoms with Gasteiger partial charge in [0.2, 0.25) is 0 Å². The molecule has 2 aromatic carbocycles. The van der Waals surface area contributed by atoms with Crippen molar-refractivity contribution < 1.29 is 27.2 Å². The first-order chi connectivity index (χ1) is 11.6. The van der Waals surface area contributed by atoms with Gasteiger partial charge in [0.15, 0.2) is 11.9 Å². The fourth-order valence-electron chi connectivity index (χ4n) is 2.52. The molecule has 6 nitrogen and oxygen atoms in total. The van der Waals surface area contributed by atoms with Crippen LogP contribution in [0.25, 0.3) is 0 Å². The molecule has 1 heterocycles. The lowest BCUT2D eigenvalue weighted by Crippen LogP contribution is -2.50. The molecule has 0 bridgehead atoms. The van der Waals surface area contributed by atoms with Crippen molar-refractivity contribution in [1.29, 1.82) is 0 Å². The molecule has 0 fully saturated rings. The number of hydrogen-bond donors (Lipinski definition) is 1. The Bertz CT molecular complexity index is 929. The first-order valence-electron chi connectivity index (χ1n) is 7.67. The molecule has 132 valence electrons. The van der Waals surface area contributed by atoms with Crippen LogP contribution in [0.2, 0.25) is 0 Å². The predicted octanol–water partition coefficient (Wildman–Crippen LogP) is 2.48. The monoisotopic (exact) mass is 362 g/mol. The fraction of sp³-hybridized carbons (Fsp3) is 0.278. The van der Waals surface area contributed by atoms with Gasteiger partial charge in [-0.1, -0.05) is 17.7 Å². The van der Waals surface area contributed by atoms with Gasteiger partial charge in [0.05, 0.1) is 5.56 Å². The topological polar surface area (TPSA) is 89.9 Å². The van der Waals surface area contributed by atoms with Gasteiger partial charge < -0.3 is 14.0 Å². The van der Waals surface area contributed by atoms with E-state index in [1.54, 1.807) is 26.0 Å². The first kappa shape index (κ1) is 17.4. The lowest BCUT2D eigenvalue weighted by atomic mass is 9.90. The van der Waals surface area contributed by atoms with E-state index in [9.17, 15) is 18.3 Å². The molecule has 0 spiro atoms. The highest BCUT2D eigenvalue weighted by Crippen LogP contribution is 2.36. The Labute approximate surface area is 146 Å². The summed E-state index contributed by atoms with van der Waals surface area (Å²) in [5.74, 6) is -0.268. The molecule has 0 saturated heterocycles. The lowest BCUT2D eigenvalue weighted by molar-refractivity contribution is -0.0249. The number of carbonyl (C=O) groups excluding carboxylic acids is 1. The third-order valence-corrected chi connectivity index (χ3v) is 5.28. The van der Waals surface area contributed by atoms with Crippen LogP contribution in [0.15, 0.2) is 47.4 Å². The summed E-state index contributed by atoms with van der Waals surface area (Å²) in [4.78, 5) is 12.2. The summed E-state index contributed by atoms with van der Waals surface area (Å²) in [5, 5.41) is 9.98. The maximum atomic E-state index is 12.4. The smallest absolute Gasteiger partial charge is 0.339 e. The van der Waals surface area contributed by atoms with Crippen LogP contribution in [0, 0.1) is 6.92 Å². The first-order valence-corrected chi connectivity index (χ1v) is 9.07. The van der Waals surface area contributed by atoms with Crippen LogP contribution in [-0.4, -0.2) is 31.0 Å². The van der Waals surface area contributed by atoms with Gasteiger partial charge in [-0.05, 0) is 45.0 Å². The number of benzene rings is 2. The second-order valence-corrected chi connectivity index (χ2v) is 8.03. The minimum absolute atomic E-state index is 0.0271. The summed E-state index contributed by atoms with van der Waals surface area (Å²) in [5.41, 5.74) is 0.00535. The van der Waals surface area contributed by atoms with Crippen molar-refractivity contribution in [3.8, 4) is 11.5 Å². The Morgan fingerprint density at radius 3 is 2.40 bits per heavy atom. The number of aliphatic hydroxyl groups excluding tert-OH is 1. The zero-order chi connectivity index (χ0) is 18.4. The summed E-state index contributed by atoms with van der Waals surface area (Å²) in [6.45, 7) is 5.01. The van der Waals surface area contributed by atoms with E-state index in [2.05, 4.69) is 0 Å². The van der Waals surface area contributed by atoms with E-state index in [1.807, 2.05) is 6.92 Å². The number of ketones is 1. The number of ether oxygens (including phenoxy) is 1. The minimum Gasteiger partial charge on any atom is -0.484 e. The summed E-state index contributed by atoms with van der Waals surface area (Å²) in [6.07, 6.45) is -1.29. The highest BCUT2D eigenvalue weighted by atomic mass is 32.2. The maximum Gasteiger partial charge on any atom is 0.339 e. The molecule has 0 amide bonds. The van der Waals surface area contributed by atoms with Gasteiger partial charge in [0.1, 0.15) is 22.0 Å². The molecule has 0 aromatic heterocycles. The summed E-state index contributed by atoms with van der Waals surface area (Å²) < 4.78 is 35.5. The predicted molar refractivity (Wildman–Crippen MR) is 90.5 cm³/mol. The zero-order valence-corrected chi connectivity index (χ0v) is 14.8. The van der Waals surface area contributed by atoms with Gasteiger partial charge in [-0.3, -0.25) is 4.79 Å².